The molecule has 0 fully saturated rings. The van der Waals surface area contributed by atoms with Crippen LogP contribution in [-0.2, 0) is 7.05 Å². The molecule has 1 heterocycles. The van der Waals surface area contributed by atoms with E-state index in [2.05, 4.69) is 24.3 Å². The van der Waals surface area contributed by atoms with E-state index in [9.17, 15) is 0 Å². The smallest absolute Gasteiger partial charge is 0.0547 e. The maximum atomic E-state index is 4.12. The molecule has 0 aliphatic carbocycles. The minimum Gasteiger partial charge on any atom is -0.309 e. The van der Waals surface area contributed by atoms with Crippen molar-refractivity contribution >= 4 is 0 Å². The van der Waals surface area contributed by atoms with Crippen LogP contribution in [0.4, 0.5) is 0 Å². The van der Waals surface area contributed by atoms with E-state index in [0.717, 1.165) is 6.54 Å². The van der Waals surface area contributed by atoms with E-state index in [0.29, 0.717) is 6.04 Å². The monoisotopic (exact) mass is 167 g/mol. The van der Waals surface area contributed by atoms with Gasteiger partial charge in [-0.2, -0.15) is 5.10 Å². The molecule has 0 saturated carbocycles. The minimum atomic E-state index is 0.400. The Morgan fingerprint density at radius 2 is 2.42 bits per heavy atom. The van der Waals surface area contributed by atoms with Gasteiger partial charge in [-0.05, 0) is 26.0 Å². The standard InChI is InChI=1S/C9H17N3/c1-4-6-10-8(2)9-5-7-11-12(9)3/h5,7-8,10H,4,6H2,1-3H3. The van der Waals surface area contributed by atoms with E-state index in [-0.39, 0.29) is 0 Å². The predicted octanol–water partition coefficient (Wildman–Crippen LogP) is 1.48. The van der Waals surface area contributed by atoms with E-state index in [1.165, 1.54) is 12.1 Å². The molecule has 68 valence electrons. The lowest BCUT2D eigenvalue weighted by Gasteiger charge is -2.12. The summed E-state index contributed by atoms with van der Waals surface area (Å²) < 4.78 is 1.91. The topological polar surface area (TPSA) is 29.9 Å². The van der Waals surface area contributed by atoms with Crippen LogP contribution in [0.1, 0.15) is 32.0 Å². The van der Waals surface area contributed by atoms with Crippen molar-refractivity contribution in [1.29, 1.82) is 0 Å². The SMILES string of the molecule is CCCNC(C)c1ccnn1C. The molecule has 1 aromatic rings. The fourth-order valence-corrected chi connectivity index (χ4v) is 1.27. The molecule has 1 atom stereocenters. The van der Waals surface area contributed by atoms with E-state index >= 15 is 0 Å². The molecule has 1 aromatic heterocycles. The van der Waals surface area contributed by atoms with Crippen molar-refractivity contribution in [2.24, 2.45) is 7.05 Å². The number of nitrogens with one attached hydrogen (secondary N) is 1. The van der Waals surface area contributed by atoms with E-state index in [1.54, 1.807) is 0 Å². The van der Waals surface area contributed by atoms with Crippen LogP contribution in [-0.4, -0.2) is 16.3 Å². The number of nitrogens with zero attached hydrogens (tertiary/aromatic N) is 2. The van der Waals surface area contributed by atoms with Crippen molar-refractivity contribution in [3.05, 3.63) is 18.0 Å². The van der Waals surface area contributed by atoms with Crippen molar-refractivity contribution in [1.82, 2.24) is 15.1 Å². The van der Waals surface area contributed by atoms with Gasteiger partial charge in [0.15, 0.2) is 0 Å². The van der Waals surface area contributed by atoms with Crippen LogP contribution in [0.25, 0.3) is 0 Å². The summed E-state index contributed by atoms with van der Waals surface area (Å²) in [5.74, 6) is 0. The van der Waals surface area contributed by atoms with Gasteiger partial charge in [0, 0.05) is 19.3 Å². The van der Waals surface area contributed by atoms with Crippen LogP contribution >= 0.6 is 0 Å². The highest BCUT2D eigenvalue weighted by atomic mass is 15.3. The fraction of sp³-hybridized carbons (Fsp3) is 0.667. The molecule has 1 N–H and O–H groups in total. The quantitative estimate of drug-likeness (QED) is 0.736. The molecule has 0 amide bonds. The highest BCUT2D eigenvalue weighted by Crippen LogP contribution is 2.09. The van der Waals surface area contributed by atoms with Crippen LogP contribution in [0.15, 0.2) is 12.3 Å². The Kier molecular flexibility index (Phi) is 3.29. The summed E-state index contributed by atoms with van der Waals surface area (Å²) in [6.07, 6.45) is 3.00. The Hall–Kier alpha value is -0.830. The summed E-state index contributed by atoms with van der Waals surface area (Å²) >= 11 is 0. The summed E-state index contributed by atoms with van der Waals surface area (Å²) in [6.45, 7) is 5.39. The Labute approximate surface area is 73.8 Å². The van der Waals surface area contributed by atoms with Crippen LogP contribution in [0.5, 0.6) is 0 Å². The molecule has 3 nitrogen and oxygen atoms in total. The van der Waals surface area contributed by atoms with Crippen molar-refractivity contribution in [3.8, 4) is 0 Å². The highest BCUT2D eigenvalue weighted by Gasteiger charge is 2.06. The molecular weight excluding hydrogens is 150 g/mol. The van der Waals surface area contributed by atoms with Gasteiger partial charge in [-0.25, -0.2) is 0 Å². The molecule has 0 saturated heterocycles. The van der Waals surface area contributed by atoms with Gasteiger partial charge >= 0.3 is 0 Å². The predicted molar refractivity (Wildman–Crippen MR) is 49.9 cm³/mol. The maximum absolute atomic E-state index is 4.12. The first-order chi connectivity index (χ1) is 5.75. The summed E-state index contributed by atoms with van der Waals surface area (Å²) in [6, 6.07) is 2.45. The molecule has 0 aromatic carbocycles. The van der Waals surface area contributed by atoms with Gasteiger partial charge < -0.3 is 5.32 Å². The maximum Gasteiger partial charge on any atom is 0.0547 e. The molecular formula is C9H17N3. The summed E-state index contributed by atoms with van der Waals surface area (Å²) in [4.78, 5) is 0. The number of aromatic nitrogens is 2. The first-order valence-electron chi connectivity index (χ1n) is 4.47. The number of rotatable bonds is 4. The summed E-state index contributed by atoms with van der Waals surface area (Å²) in [5.41, 5.74) is 1.24. The zero-order valence-electron chi connectivity index (χ0n) is 8.04. The lowest BCUT2D eigenvalue weighted by Crippen LogP contribution is -2.21. The normalized spacial score (nSPS) is 13.2. The molecule has 3 heteroatoms. The van der Waals surface area contributed by atoms with Gasteiger partial charge in [0.25, 0.3) is 0 Å². The average molecular weight is 167 g/mol. The fourth-order valence-electron chi connectivity index (χ4n) is 1.27. The highest BCUT2D eigenvalue weighted by molar-refractivity contribution is 5.04. The van der Waals surface area contributed by atoms with Crippen molar-refractivity contribution in [2.45, 2.75) is 26.3 Å². The van der Waals surface area contributed by atoms with Gasteiger partial charge in [-0.15, -0.1) is 0 Å². The average Bonchev–Trinajstić information content (AvgIpc) is 2.47. The van der Waals surface area contributed by atoms with E-state index in [4.69, 9.17) is 0 Å². The minimum absolute atomic E-state index is 0.400. The third kappa shape index (κ3) is 2.08. The van der Waals surface area contributed by atoms with E-state index in [1.807, 2.05) is 24.0 Å². The lowest BCUT2D eigenvalue weighted by atomic mass is 10.2. The number of hydrogen-bond donors (Lipinski definition) is 1. The van der Waals surface area contributed by atoms with Gasteiger partial charge in [-0.1, -0.05) is 6.92 Å². The van der Waals surface area contributed by atoms with Gasteiger partial charge in [0.2, 0.25) is 0 Å². The van der Waals surface area contributed by atoms with Crippen molar-refractivity contribution < 1.29 is 0 Å². The second-order valence-corrected chi connectivity index (χ2v) is 3.06. The largest absolute Gasteiger partial charge is 0.309 e. The van der Waals surface area contributed by atoms with Gasteiger partial charge in [0.05, 0.1) is 5.69 Å². The third-order valence-corrected chi connectivity index (χ3v) is 2.00. The molecule has 1 rings (SSSR count). The lowest BCUT2D eigenvalue weighted by molar-refractivity contribution is 0.529. The molecule has 0 bridgehead atoms. The Morgan fingerprint density at radius 3 is 2.92 bits per heavy atom. The zero-order valence-corrected chi connectivity index (χ0v) is 8.04. The zero-order chi connectivity index (χ0) is 8.97. The Morgan fingerprint density at radius 1 is 1.67 bits per heavy atom. The Balaban J connectivity index is 2.52. The first-order valence-corrected chi connectivity index (χ1v) is 4.47. The Bertz CT molecular complexity index is 229. The number of hydrogen-bond acceptors (Lipinski definition) is 2. The van der Waals surface area contributed by atoms with Crippen LogP contribution in [0, 0.1) is 0 Å². The molecule has 0 spiro atoms. The van der Waals surface area contributed by atoms with Gasteiger partial charge in [0.1, 0.15) is 0 Å². The van der Waals surface area contributed by atoms with E-state index < -0.39 is 0 Å². The molecule has 0 radical (unpaired) electrons. The van der Waals surface area contributed by atoms with Crippen molar-refractivity contribution in [2.75, 3.05) is 6.54 Å². The van der Waals surface area contributed by atoms with Crippen LogP contribution < -0.4 is 5.32 Å². The summed E-state index contributed by atoms with van der Waals surface area (Å²) in [7, 11) is 1.97. The third-order valence-electron chi connectivity index (χ3n) is 2.00. The molecule has 1 unspecified atom stereocenters. The van der Waals surface area contributed by atoms with Crippen LogP contribution in [0.2, 0.25) is 0 Å². The second kappa shape index (κ2) is 4.26. The van der Waals surface area contributed by atoms with Crippen molar-refractivity contribution in [3.63, 3.8) is 0 Å². The number of aryl methyl sites for hydroxylation is 1. The first kappa shape index (κ1) is 9.26. The second-order valence-electron chi connectivity index (χ2n) is 3.06. The van der Waals surface area contributed by atoms with Gasteiger partial charge in [-0.3, -0.25) is 4.68 Å². The summed E-state index contributed by atoms with van der Waals surface area (Å²) in [5, 5.41) is 7.54. The molecule has 0 aliphatic rings. The van der Waals surface area contributed by atoms with Crippen LogP contribution in [0.3, 0.4) is 0 Å². The molecule has 12 heavy (non-hydrogen) atoms. The molecule has 0 aliphatic heterocycles.